The van der Waals surface area contributed by atoms with Crippen molar-refractivity contribution >= 4 is 11.9 Å². The molecular formula is C40H51N3O6. The lowest BCUT2D eigenvalue weighted by Crippen LogP contribution is -2.45. The zero-order valence-electron chi connectivity index (χ0n) is 28.5. The van der Waals surface area contributed by atoms with E-state index in [-0.39, 0.29) is 31.1 Å². The fraction of sp³-hybridized carbons (Fsp3) is 0.500. The molecule has 9 nitrogen and oxygen atoms in total. The lowest BCUT2D eigenvalue weighted by Gasteiger charge is -2.39. The van der Waals surface area contributed by atoms with Crippen LogP contribution in [-0.2, 0) is 32.2 Å². The molecule has 3 saturated heterocycles. The smallest absolute Gasteiger partial charge is 0.303 e. The van der Waals surface area contributed by atoms with Gasteiger partial charge in [0, 0.05) is 50.5 Å². The van der Waals surface area contributed by atoms with E-state index < -0.39 is 12.3 Å². The van der Waals surface area contributed by atoms with Crippen LogP contribution in [0.1, 0.15) is 92.4 Å². The largest absolute Gasteiger partial charge is 0.481 e. The van der Waals surface area contributed by atoms with Crippen LogP contribution in [-0.4, -0.2) is 76.8 Å². The normalized spacial score (nSPS) is 23.1. The first kappa shape index (κ1) is 35.2. The third kappa shape index (κ3) is 9.77. The van der Waals surface area contributed by atoms with E-state index in [4.69, 9.17) is 14.6 Å². The zero-order chi connectivity index (χ0) is 34.0. The Labute approximate surface area is 290 Å². The summed E-state index contributed by atoms with van der Waals surface area (Å²) in [5.74, 6) is -0.910. The molecule has 49 heavy (non-hydrogen) atoms. The first-order valence-corrected chi connectivity index (χ1v) is 18.1. The lowest BCUT2D eigenvalue weighted by atomic mass is 9.97. The van der Waals surface area contributed by atoms with Gasteiger partial charge in [-0.2, -0.15) is 0 Å². The highest BCUT2D eigenvalue weighted by molar-refractivity contribution is 5.76. The number of unbranched alkanes of at least 4 members (excludes halogenated alkanes) is 1. The molecule has 0 bridgehead atoms. The summed E-state index contributed by atoms with van der Waals surface area (Å²) in [6.07, 6.45) is 6.72. The molecule has 3 aromatic carbocycles. The van der Waals surface area contributed by atoms with Crippen LogP contribution in [0.3, 0.4) is 0 Å². The summed E-state index contributed by atoms with van der Waals surface area (Å²) in [4.78, 5) is 28.4. The van der Waals surface area contributed by atoms with Crippen molar-refractivity contribution in [3.05, 3.63) is 95.1 Å². The molecule has 3 fully saturated rings. The number of carbonyl (C=O) groups excluding carboxylic acids is 1. The van der Waals surface area contributed by atoms with Crippen LogP contribution in [0.4, 0.5) is 0 Å². The van der Waals surface area contributed by atoms with E-state index in [9.17, 15) is 14.7 Å². The monoisotopic (exact) mass is 669 g/mol. The van der Waals surface area contributed by atoms with E-state index in [2.05, 4.69) is 57.6 Å². The minimum atomic E-state index is -0.835. The third-order valence-electron chi connectivity index (χ3n) is 10.3. The Kier molecular flexibility index (Phi) is 12.5. The summed E-state index contributed by atoms with van der Waals surface area (Å²) in [6.45, 7) is 6.01. The molecule has 3 aromatic rings. The molecule has 0 aromatic heterocycles. The summed E-state index contributed by atoms with van der Waals surface area (Å²) in [7, 11) is 0. The topological polar surface area (TPSA) is 112 Å². The molecule has 262 valence electrons. The second-order valence-corrected chi connectivity index (χ2v) is 13.8. The number of ether oxygens (including phenoxy) is 2. The van der Waals surface area contributed by atoms with Crippen molar-refractivity contribution in [1.29, 1.82) is 0 Å². The summed E-state index contributed by atoms with van der Waals surface area (Å²) in [5.41, 5.74) is 6.05. The summed E-state index contributed by atoms with van der Waals surface area (Å²) in [6, 6.07) is 25.1. The number of hydrogen-bond acceptors (Lipinski definition) is 7. The van der Waals surface area contributed by atoms with E-state index in [0.29, 0.717) is 31.8 Å². The van der Waals surface area contributed by atoms with Crippen LogP contribution < -0.4 is 5.32 Å². The highest BCUT2D eigenvalue weighted by Gasteiger charge is 2.36. The molecule has 0 saturated carbocycles. The van der Waals surface area contributed by atoms with Crippen molar-refractivity contribution in [3.63, 3.8) is 0 Å². The van der Waals surface area contributed by atoms with Crippen LogP contribution in [0, 0.1) is 0 Å². The van der Waals surface area contributed by atoms with Gasteiger partial charge in [0.15, 0.2) is 6.29 Å². The predicted octanol–water partition coefficient (Wildman–Crippen LogP) is 6.21. The number of aliphatic hydroxyl groups excluding tert-OH is 1. The summed E-state index contributed by atoms with van der Waals surface area (Å²) < 4.78 is 13.4. The fourth-order valence-corrected chi connectivity index (χ4v) is 7.52. The van der Waals surface area contributed by atoms with Crippen LogP contribution in [0.25, 0.3) is 11.1 Å². The molecule has 6 rings (SSSR count). The van der Waals surface area contributed by atoms with E-state index in [1.807, 2.05) is 30.3 Å². The number of amides is 1. The molecule has 3 N–H and O–H groups in total. The van der Waals surface area contributed by atoms with Gasteiger partial charge in [-0.3, -0.25) is 14.5 Å². The number of aliphatic carboxylic acids is 1. The summed E-state index contributed by atoms with van der Waals surface area (Å²) >= 11 is 0. The van der Waals surface area contributed by atoms with Gasteiger partial charge >= 0.3 is 5.97 Å². The fourth-order valence-electron chi connectivity index (χ4n) is 7.52. The van der Waals surface area contributed by atoms with Gasteiger partial charge in [-0.25, -0.2) is 0 Å². The molecule has 3 aliphatic heterocycles. The number of carboxylic acids is 1. The van der Waals surface area contributed by atoms with Gasteiger partial charge in [-0.05, 0) is 86.0 Å². The van der Waals surface area contributed by atoms with Gasteiger partial charge in [0.05, 0.1) is 18.8 Å². The molecule has 0 spiro atoms. The quantitative estimate of drug-likeness (QED) is 0.164. The minimum absolute atomic E-state index is 0.0178. The van der Waals surface area contributed by atoms with Gasteiger partial charge < -0.3 is 29.9 Å². The van der Waals surface area contributed by atoms with E-state index in [1.54, 1.807) is 0 Å². The van der Waals surface area contributed by atoms with Crippen LogP contribution in [0.5, 0.6) is 0 Å². The van der Waals surface area contributed by atoms with Crippen molar-refractivity contribution in [2.45, 2.75) is 95.5 Å². The number of hydrogen-bond donors (Lipinski definition) is 3. The summed E-state index contributed by atoms with van der Waals surface area (Å²) in [5, 5.41) is 21.4. The molecule has 9 heteroatoms. The SMILES string of the molecule is O=C(O)CCCCC(=O)NCc1ccccc1-c1ccc([C@@H]2O[C@H](CN3CCC[C@H]3CN3CCCC3)C[C@H](c3ccc(CO)cc3)O2)cc1. The minimum Gasteiger partial charge on any atom is -0.481 e. The van der Waals surface area contributed by atoms with Gasteiger partial charge in [0.2, 0.25) is 5.91 Å². The number of carbonyl (C=O) groups is 2. The number of rotatable bonds is 15. The van der Waals surface area contributed by atoms with Gasteiger partial charge in [0.1, 0.15) is 0 Å². The second-order valence-electron chi connectivity index (χ2n) is 13.8. The Morgan fingerprint density at radius 1 is 0.816 bits per heavy atom. The second kappa shape index (κ2) is 17.4. The Morgan fingerprint density at radius 2 is 1.55 bits per heavy atom. The Morgan fingerprint density at radius 3 is 2.31 bits per heavy atom. The number of nitrogens with zero attached hydrogens (tertiary/aromatic N) is 2. The molecule has 0 aliphatic carbocycles. The number of carboxylic acid groups (broad SMARTS) is 1. The average molecular weight is 670 g/mol. The molecule has 0 radical (unpaired) electrons. The van der Waals surface area contributed by atoms with Crippen molar-refractivity contribution in [3.8, 4) is 11.1 Å². The number of likely N-dealkylation sites (tertiary alicyclic amines) is 2. The van der Waals surface area contributed by atoms with Crippen LogP contribution >= 0.6 is 0 Å². The Balaban J connectivity index is 1.14. The third-order valence-corrected chi connectivity index (χ3v) is 10.3. The molecule has 4 atom stereocenters. The number of nitrogens with one attached hydrogen (secondary N) is 1. The van der Waals surface area contributed by atoms with Gasteiger partial charge in [-0.15, -0.1) is 0 Å². The first-order valence-electron chi connectivity index (χ1n) is 18.1. The van der Waals surface area contributed by atoms with Gasteiger partial charge in [-0.1, -0.05) is 72.8 Å². The molecule has 3 aliphatic rings. The van der Waals surface area contributed by atoms with E-state index >= 15 is 0 Å². The highest BCUT2D eigenvalue weighted by atomic mass is 16.7. The Hall–Kier alpha value is -3.60. The lowest BCUT2D eigenvalue weighted by molar-refractivity contribution is -0.253. The predicted molar refractivity (Wildman–Crippen MR) is 189 cm³/mol. The maximum atomic E-state index is 12.4. The van der Waals surface area contributed by atoms with Crippen LogP contribution in [0.2, 0.25) is 0 Å². The van der Waals surface area contributed by atoms with Crippen molar-refractivity contribution in [1.82, 2.24) is 15.1 Å². The molecule has 0 unspecified atom stereocenters. The maximum absolute atomic E-state index is 12.4. The maximum Gasteiger partial charge on any atom is 0.303 e. The molecular weight excluding hydrogens is 618 g/mol. The first-order chi connectivity index (χ1) is 23.9. The number of benzene rings is 3. The standard InChI is InChI=1S/C40H51N3O6/c44-28-29-13-15-31(16-14-29)37-24-35(27-43-23-7-9-34(43)26-42-21-5-6-22-42)48-40(49-37)32-19-17-30(18-20-32)36-10-2-1-8-33(36)25-41-38(45)11-3-4-12-39(46)47/h1-2,8,10,13-20,34-35,37,40,44H,3-7,9,11-12,21-28H2,(H,41,45)(H,46,47)/t34-,35-,37+,40+/m0/s1. The average Bonchev–Trinajstić information content (AvgIpc) is 3.81. The van der Waals surface area contributed by atoms with E-state index in [0.717, 1.165) is 59.4 Å². The Bertz CT molecular complexity index is 1510. The van der Waals surface area contributed by atoms with Crippen molar-refractivity contribution in [2.24, 2.45) is 0 Å². The van der Waals surface area contributed by atoms with Crippen molar-refractivity contribution in [2.75, 3.05) is 32.7 Å². The molecule has 1 amide bonds. The van der Waals surface area contributed by atoms with Crippen LogP contribution in [0.15, 0.2) is 72.8 Å². The van der Waals surface area contributed by atoms with Crippen molar-refractivity contribution < 1.29 is 29.3 Å². The van der Waals surface area contributed by atoms with Gasteiger partial charge in [0.25, 0.3) is 0 Å². The highest BCUT2D eigenvalue weighted by Crippen LogP contribution is 2.39. The van der Waals surface area contributed by atoms with E-state index in [1.165, 1.54) is 38.8 Å². The number of aliphatic hydroxyl groups is 1. The zero-order valence-corrected chi connectivity index (χ0v) is 28.5. The molecule has 3 heterocycles.